The Hall–Kier alpha value is -1.39. The van der Waals surface area contributed by atoms with Crippen LogP contribution >= 0.6 is 0 Å². The fourth-order valence-corrected chi connectivity index (χ4v) is 1.84. The molecule has 1 unspecified atom stereocenters. The molecule has 0 fully saturated rings. The van der Waals surface area contributed by atoms with Crippen molar-refractivity contribution in [1.29, 1.82) is 0 Å². The maximum Gasteiger partial charge on any atom is 0.236 e. The summed E-state index contributed by atoms with van der Waals surface area (Å²) in [5, 5.41) is 11.9. The zero-order valence-electron chi connectivity index (χ0n) is 11.5. The van der Waals surface area contributed by atoms with Crippen LogP contribution in [0.2, 0.25) is 0 Å². The van der Waals surface area contributed by atoms with Gasteiger partial charge in [-0.05, 0) is 38.2 Å². The number of nitrogens with one attached hydrogen (secondary N) is 1. The van der Waals surface area contributed by atoms with E-state index in [1.165, 1.54) is 5.56 Å². The van der Waals surface area contributed by atoms with Crippen molar-refractivity contribution < 1.29 is 9.90 Å². The molecule has 1 amide bonds. The molecule has 106 valence electrons. The predicted molar refractivity (Wildman–Crippen MR) is 76.7 cm³/mol. The highest BCUT2D eigenvalue weighted by molar-refractivity contribution is 5.81. The number of rotatable bonds is 8. The minimum absolute atomic E-state index is 0.110. The number of hydrogen-bond donors (Lipinski definition) is 3. The van der Waals surface area contributed by atoms with E-state index < -0.39 is 6.04 Å². The third-order valence-electron chi connectivity index (χ3n) is 3.02. The van der Waals surface area contributed by atoms with E-state index in [4.69, 9.17) is 10.8 Å². The Kier molecular flexibility index (Phi) is 7.15. The van der Waals surface area contributed by atoms with Crippen LogP contribution in [0.1, 0.15) is 31.7 Å². The highest BCUT2D eigenvalue weighted by Gasteiger charge is 2.12. The van der Waals surface area contributed by atoms with Gasteiger partial charge in [0.2, 0.25) is 5.91 Å². The van der Waals surface area contributed by atoms with E-state index in [0.29, 0.717) is 19.4 Å². The van der Waals surface area contributed by atoms with Crippen molar-refractivity contribution in [2.45, 2.75) is 44.8 Å². The van der Waals surface area contributed by atoms with E-state index in [2.05, 4.69) is 5.32 Å². The molecule has 0 bridgehead atoms. The second kappa shape index (κ2) is 8.67. The third-order valence-corrected chi connectivity index (χ3v) is 3.02. The van der Waals surface area contributed by atoms with Gasteiger partial charge in [0.25, 0.3) is 0 Å². The molecule has 19 heavy (non-hydrogen) atoms. The smallest absolute Gasteiger partial charge is 0.236 e. The summed E-state index contributed by atoms with van der Waals surface area (Å²) in [4.78, 5) is 11.7. The lowest BCUT2D eigenvalue weighted by molar-refractivity contribution is -0.122. The Bertz CT molecular complexity index is 366. The van der Waals surface area contributed by atoms with Crippen molar-refractivity contribution in [2.75, 3.05) is 6.54 Å². The fourth-order valence-electron chi connectivity index (χ4n) is 1.84. The minimum atomic E-state index is -0.466. The second-order valence-electron chi connectivity index (χ2n) is 4.91. The minimum Gasteiger partial charge on any atom is -0.393 e. The van der Waals surface area contributed by atoms with Crippen molar-refractivity contribution in [3.63, 3.8) is 0 Å². The first-order valence-corrected chi connectivity index (χ1v) is 6.85. The van der Waals surface area contributed by atoms with E-state index in [0.717, 1.165) is 12.8 Å². The molecule has 0 aliphatic carbocycles. The van der Waals surface area contributed by atoms with E-state index in [1.54, 1.807) is 6.92 Å². The molecule has 2 atom stereocenters. The number of carbonyl (C=O) groups is 1. The molecule has 4 heteroatoms. The van der Waals surface area contributed by atoms with Gasteiger partial charge in [-0.3, -0.25) is 4.79 Å². The highest BCUT2D eigenvalue weighted by Crippen LogP contribution is 2.04. The molecule has 0 saturated carbocycles. The Morgan fingerprint density at radius 2 is 2.00 bits per heavy atom. The maximum atomic E-state index is 11.7. The molecule has 0 aromatic heterocycles. The van der Waals surface area contributed by atoms with Gasteiger partial charge in [0.1, 0.15) is 0 Å². The predicted octanol–water partition coefficient (Wildman–Crippen LogP) is 1.22. The van der Waals surface area contributed by atoms with Gasteiger partial charge in [-0.25, -0.2) is 0 Å². The lowest BCUT2D eigenvalue weighted by Gasteiger charge is -2.12. The summed E-state index contributed by atoms with van der Waals surface area (Å²) in [7, 11) is 0. The highest BCUT2D eigenvalue weighted by atomic mass is 16.3. The number of aliphatic hydroxyl groups excluding tert-OH is 1. The standard InChI is InChI=1S/C15H24N2O2/c1-12(18)6-5-11-17-15(19)14(16)10-9-13-7-3-2-4-8-13/h2-4,7-8,12,14,18H,5-6,9-11,16H2,1H3,(H,17,19)/t12?,14-/m0/s1. The number of amides is 1. The SMILES string of the molecule is CC(O)CCCNC(=O)[C@@H](N)CCc1ccccc1. The van der Waals surface area contributed by atoms with Crippen LogP contribution in [-0.4, -0.2) is 29.7 Å². The van der Waals surface area contributed by atoms with Crippen LogP contribution in [0, 0.1) is 0 Å². The van der Waals surface area contributed by atoms with E-state index in [-0.39, 0.29) is 12.0 Å². The second-order valence-corrected chi connectivity index (χ2v) is 4.91. The maximum absolute atomic E-state index is 11.7. The lowest BCUT2D eigenvalue weighted by Crippen LogP contribution is -2.41. The summed E-state index contributed by atoms with van der Waals surface area (Å²) in [5.41, 5.74) is 7.04. The van der Waals surface area contributed by atoms with Crippen LogP contribution in [0.25, 0.3) is 0 Å². The van der Waals surface area contributed by atoms with Crippen molar-refractivity contribution in [1.82, 2.24) is 5.32 Å². The fraction of sp³-hybridized carbons (Fsp3) is 0.533. The number of nitrogens with two attached hydrogens (primary N) is 1. The van der Waals surface area contributed by atoms with Gasteiger partial charge >= 0.3 is 0 Å². The van der Waals surface area contributed by atoms with Crippen LogP contribution < -0.4 is 11.1 Å². The first-order valence-electron chi connectivity index (χ1n) is 6.85. The van der Waals surface area contributed by atoms with Crippen LogP contribution in [0.5, 0.6) is 0 Å². The molecule has 1 aromatic carbocycles. The number of hydrogen-bond acceptors (Lipinski definition) is 3. The summed E-state index contributed by atoms with van der Waals surface area (Å²) < 4.78 is 0. The Morgan fingerprint density at radius 3 is 2.63 bits per heavy atom. The first-order chi connectivity index (χ1) is 9.09. The Balaban J connectivity index is 2.18. The Morgan fingerprint density at radius 1 is 1.32 bits per heavy atom. The molecular formula is C15H24N2O2. The molecule has 0 radical (unpaired) electrons. The number of carbonyl (C=O) groups excluding carboxylic acids is 1. The van der Waals surface area contributed by atoms with Gasteiger partial charge < -0.3 is 16.2 Å². The largest absolute Gasteiger partial charge is 0.393 e. The quantitative estimate of drug-likeness (QED) is 0.618. The van der Waals surface area contributed by atoms with Crippen molar-refractivity contribution in [3.8, 4) is 0 Å². The number of benzene rings is 1. The summed E-state index contributed by atoms with van der Waals surface area (Å²) in [6.07, 6.45) is 2.60. The molecular weight excluding hydrogens is 240 g/mol. The first kappa shape index (κ1) is 15.7. The molecule has 4 N–H and O–H groups in total. The van der Waals surface area contributed by atoms with Gasteiger partial charge in [-0.2, -0.15) is 0 Å². The van der Waals surface area contributed by atoms with Crippen LogP contribution in [0.3, 0.4) is 0 Å². The van der Waals surface area contributed by atoms with Crippen molar-refractivity contribution >= 4 is 5.91 Å². The molecule has 1 rings (SSSR count). The van der Waals surface area contributed by atoms with Gasteiger partial charge in [0.05, 0.1) is 12.1 Å². The topological polar surface area (TPSA) is 75.3 Å². The molecule has 0 heterocycles. The van der Waals surface area contributed by atoms with Gasteiger partial charge in [-0.15, -0.1) is 0 Å². The average Bonchev–Trinajstić information content (AvgIpc) is 2.41. The number of aryl methyl sites for hydroxylation is 1. The third kappa shape index (κ3) is 6.94. The van der Waals surface area contributed by atoms with Crippen molar-refractivity contribution in [3.05, 3.63) is 35.9 Å². The van der Waals surface area contributed by atoms with E-state index >= 15 is 0 Å². The zero-order chi connectivity index (χ0) is 14.1. The average molecular weight is 264 g/mol. The van der Waals surface area contributed by atoms with Gasteiger partial charge in [0, 0.05) is 6.54 Å². The Labute approximate surface area is 115 Å². The summed E-state index contributed by atoms with van der Waals surface area (Å²) in [6, 6.07) is 9.54. The zero-order valence-corrected chi connectivity index (χ0v) is 11.5. The molecule has 4 nitrogen and oxygen atoms in total. The molecule has 0 spiro atoms. The van der Waals surface area contributed by atoms with E-state index in [1.807, 2.05) is 30.3 Å². The summed E-state index contributed by atoms with van der Waals surface area (Å²) in [5.74, 6) is -0.110. The van der Waals surface area contributed by atoms with Gasteiger partial charge in [-0.1, -0.05) is 30.3 Å². The van der Waals surface area contributed by atoms with Crippen molar-refractivity contribution in [2.24, 2.45) is 5.73 Å². The lowest BCUT2D eigenvalue weighted by atomic mass is 10.1. The number of aliphatic hydroxyl groups is 1. The molecule has 0 aliphatic heterocycles. The van der Waals surface area contributed by atoms with Crippen LogP contribution in [0.4, 0.5) is 0 Å². The molecule has 0 aliphatic rings. The normalized spacial score (nSPS) is 13.8. The molecule has 1 aromatic rings. The van der Waals surface area contributed by atoms with Crippen LogP contribution in [-0.2, 0) is 11.2 Å². The summed E-state index contributed by atoms with van der Waals surface area (Å²) >= 11 is 0. The van der Waals surface area contributed by atoms with E-state index in [9.17, 15) is 4.79 Å². The monoisotopic (exact) mass is 264 g/mol. The molecule has 0 saturated heterocycles. The van der Waals surface area contributed by atoms with Crippen LogP contribution in [0.15, 0.2) is 30.3 Å². The van der Waals surface area contributed by atoms with Gasteiger partial charge in [0.15, 0.2) is 0 Å². The summed E-state index contributed by atoms with van der Waals surface area (Å²) in [6.45, 7) is 2.32.